The Balaban J connectivity index is 1.72. The minimum absolute atomic E-state index is 0.145. The zero-order valence-corrected chi connectivity index (χ0v) is 18.4. The van der Waals surface area contributed by atoms with E-state index >= 15 is 0 Å². The van der Waals surface area contributed by atoms with Crippen LogP contribution in [-0.4, -0.2) is 31.8 Å². The number of fused-ring (bicyclic) bond motifs is 1. The van der Waals surface area contributed by atoms with Gasteiger partial charge in [-0.15, -0.1) is 5.10 Å². The van der Waals surface area contributed by atoms with Gasteiger partial charge in [-0.3, -0.25) is 9.59 Å². The summed E-state index contributed by atoms with van der Waals surface area (Å²) in [7, 11) is 0. The van der Waals surface area contributed by atoms with E-state index < -0.39 is 0 Å². The average molecular weight is 466 g/mol. The smallest absolute Gasteiger partial charge is 0.221 e. The Bertz CT molecular complexity index is 1290. The van der Waals surface area contributed by atoms with Crippen molar-refractivity contribution in [2.45, 2.75) is 27.3 Å². The number of aldehydes is 1. The maximum atomic E-state index is 11.7. The Morgan fingerprint density at radius 2 is 2.00 bits per heavy atom. The molecule has 4 rings (SSSR count). The van der Waals surface area contributed by atoms with Gasteiger partial charge >= 0.3 is 0 Å². The molecule has 2 heterocycles. The molecule has 8 heteroatoms. The minimum atomic E-state index is -0.145. The molecule has 2 aromatic carbocycles. The maximum absolute atomic E-state index is 11.7. The molecule has 0 aliphatic heterocycles. The van der Waals surface area contributed by atoms with Gasteiger partial charge in [0.2, 0.25) is 5.91 Å². The zero-order valence-electron chi connectivity index (χ0n) is 16.8. The van der Waals surface area contributed by atoms with Crippen molar-refractivity contribution in [2.24, 2.45) is 0 Å². The van der Waals surface area contributed by atoms with Crippen LogP contribution in [0.4, 0.5) is 5.69 Å². The average Bonchev–Trinajstić information content (AvgIpc) is 3.25. The Hall–Kier alpha value is -3.26. The summed E-state index contributed by atoms with van der Waals surface area (Å²) < 4.78 is 4.58. The summed E-state index contributed by atoms with van der Waals surface area (Å²) in [6.45, 7) is 5.90. The highest BCUT2D eigenvalue weighted by atomic mass is 79.9. The lowest BCUT2D eigenvalue weighted by Crippen LogP contribution is -2.11. The van der Waals surface area contributed by atoms with E-state index in [1.54, 1.807) is 4.68 Å². The maximum Gasteiger partial charge on any atom is 0.221 e. The molecule has 0 unspecified atom stereocenters. The highest BCUT2D eigenvalue weighted by Crippen LogP contribution is 2.27. The van der Waals surface area contributed by atoms with Crippen molar-refractivity contribution in [3.8, 4) is 5.69 Å². The summed E-state index contributed by atoms with van der Waals surface area (Å²) >= 11 is 3.46. The number of hydrogen-bond donors (Lipinski definition) is 1. The fraction of sp³-hybridized carbons (Fsp3) is 0.182. The second-order valence-electron chi connectivity index (χ2n) is 7.31. The topological polar surface area (TPSA) is 81.8 Å². The number of carbonyl (C=O) groups is 2. The van der Waals surface area contributed by atoms with Gasteiger partial charge < -0.3 is 9.88 Å². The molecule has 4 aromatic rings. The molecular formula is C22H20BrN5O2. The third-order valence-corrected chi connectivity index (χ3v) is 5.35. The fourth-order valence-corrected chi connectivity index (χ4v) is 4.09. The van der Waals surface area contributed by atoms with E-state index in [1.807, 2.05) is 61.1 Å². The van der Waals surface area contributed by atoms with Crippen molar-refractivity contribution in [2.75, 3.05) is 5.32 Å². The van der Waals surface area contributed by atoms with Crippen LogP contribution in [0.2, 0.25) is 0 Å². The number of anilines is 1. The first-order chi connectivity index (χ1) is 14.4. The van der Waals surface area contributed by atoms with Crippen molar-refractivity contribution in [1.82, 2.24) is 19.6 Å². The van der Waals surface area contributed by atoms with Gasteiger partial charge in [-0.2, -0.15) is 0 Å². The Morgan fingerprint density at radius 1 is 1.20 bits per heavy atom. The fourth-order valence-electron chi connectivity index (χ4n) is 3.73. The van der Waals surface area contributed by atoms with Crippen molar-refractivity contribution < 1.29 is 9.59 Å². The largest absolute Gasteiger partial charge is 0.341 e. The summed E-state index contributed by atoms with van der Waals surface area (Å²) in [6.07, 6.45) is 4.52. The quantitative estimate of drug-likeness (QED) is 0.442. The van der Waals surface area contributed by atoms with E-state index in [0.717, 1.165) is 44.2 Å². The van der Waals surface area contributed by atoms with E-state index in [0.29, 0.717) is 17.8 Å². The van der Waals surface area contributed by atoms with E-state index in [-0.39, 0.29) is 5.91 Å². The van der Waals surface area contributed by atoms with Gasteiger partial charge in [0.25, 0.3) is 0 Å². The van der Waals surface area contributed by atoms with Crippen LogP contribution >= 0.6 is 15.9 Å². The van der Waals surface area contributed by atoms with Crippen molar-refractivity contribution in [1.29, 1.82) is 0 Å². The number of nitrogens with one attached hydrogen (secondary N) is 1. The van der Waals surface area contributed by atoms with E-state index in [4.69, 9.17) is 0 Å². The number of rotatable bonds is 5. The zero-order chi connectivity index (χ0) is 21.4. The number of halogens is 1. The molecule has 0 bridgehead atoms. The normalized spacial score (nSPS) is 11.1. The van der Waals surface area contributed by atoms with E-state index in [1.165, 1.54) is 6.92 Å². The number of aryl methyl sites for hydroxylation is 2. The second kappa shape index (κ2) is 7.87. The predicted octanol–water partition coefficient (Wildman–Crippen LogP) is 4.42. The molecule has 0 saturated heterocycles. The highest BCUT2D eigenvalue weighted by Gasteiger charge is 2.15. The van der Waals surface area contributed by atoms with Gasteiger partial charge in [-0.1, -0.05) is 27.2 Å². The molecule has 152 valence electrons. The predicted molar refractivity (Wildman–Crippen MR) is 119 cm³/mol. The molecule has 30 heavy (non-hydrogen) atoms. The lowest BCUT2D eigenvalue weighted by Gasteiger charge is -2.13. The molecule has 7 nitrogen and oxygen atoms in total. The number of carbonyl (C=O) groups excluding carboxylic acids is 2. The summed E-state index contributed by atoms with van der Waals surface area (Å²) in [4.78, 5) is 23.1. The highest BCUT2D eigenvalue weighted by molar-refractivity contribution is 9.10. The number of benzene rings is 2. The van der Waals surface area contributed by atoms with Crippen molar-refractivity contribution in [3.05, 3.63) is 69.6 Å². The van der Waals surface area contributed by atoms with Gasteiger partial charge in [0.15, 0.2) is 6.29 Å². The first kappa shape index (κ1) is 20.0. The summed E-state index contributed by atoms with van der Waals surface area (Å²) in [5.41, 5.74) is 5.81. The van der Waals surface area contributed by atoms with Crippen LogP contribution in [0.15, 0.2) is 47.2 Å². The molecule has 0 aliphatic carbocycles. The van der Waals surface area contributed by atoms with Gasteiger partial charge in [-0.25, -0.2) is 4.68 Å². The van der Waals surface area contributed by atoms with Gasteiger partial charge in [-0.05, 0) is 49.2 Å². The van der Waals surface area contributed by atoms with Crippen LogP contribution in [0.5, 0.6) is 0 Å². The first-order valence-corrected chi connectivity index (χ1v) is 10.2. The van der Waals surface area contributed by atoms with E-state index in [2.05, 4.69) is 31.6 Å². The molecule has 2 aromatic heterocycles. The Labute approximate surface area is 181 Å². The molecule has 1 N–H and O–H groups in total. The molecule has 0 radical (unpaired) electrons. The standard InChI is InChI=1S/C22H20BrN5O2/c1-13-6-14(2)22(20(7-13)24-15(3)30)28-11-18(25-26-28)10-27-9-16(12-29)19-8-17(23)4-5-21(19)27/h4-9,11-12H,10H2,1-3H3,(H,24,30). The summed E-state index contributed by atoms with van der Waals surface area (Å²) in [6, 6.07) is 9.80. The van der Waals surface area contributed by atoms with Crippen LogP contribution in [0.25, 0.3) is 16.6 Å². The van der Waals surface area contributed by atoms with Crippen LogP contribution in [0, 0.1) is 13.8 Å². The Kier molecular flexibility index (Phi) is 5.26. The number of aromatic nitrogens is 4. The van der Waals surface area contributed by atoms with Gasteiger partial charge in [0.05, 0.1) is 24.1 Å². The molecule has 0 saturated carbocycles. The monoisotopic (exact) mass is 465 g/mol. The lowest BCUT2D eigenvalue weighted by atomic mass is 10.1. The van der Waals surface area contributed by atoms with Gasteiger partial charge in [0.1, 0.15) is 5.69 Å². The molecule has 0 spiro atoms. The second-order valence-corrected chi connectivity index (χ2v) is 8.22. The SMILES string of the molecule is CC(=O)Nc1cc(C)cc(C)c1-n1cc(Cn2cc(C=O)c3cc(Br)ccc32)nn1. The van der Waals surface area contributed by atoms with Crippen molar-refractivity contribution >= 4 is 44.7 Å². The third kappa shape index (κ3) is 3.78. The van der Waals surface area contributed by atoms with Gasteiger partial charge in [0, 0.05) is 34.1 Å². The Morgan fingerprint density at radius 3 is 2.73 bits per heavy atom. The lowest BCUT2D eigenvalue weighted by molar-refractivity contribution is -0.114. The summed E-state index contributed by atoms with van der Waals surface area (Å²) in [5.74, 6) is -0.145. The molecule has 0 aliphatic rings. The third-order valence-electron chi connectivity index (χ3n) is 4.86. The molecule has 1 amide bonds. The first-order valence-electron chi connectivity index (χ1n) is 9.39. The van der Waals surface area contributed by atoms with E-state index in [9.17, 15) is 9.59 Å². The molecule has 0 atom stereocenters. The summed E-state index contributed by atoms with van der Waals surface area (Å²) in [5, 5.41) is 12.4. The number of hydrogen-bond acceptors (Lipinski definition) is 4. The molecular weight excluding hydrogens is 446 g/mol. The van der Waals surface area contributed by atoms with Crippen LogP contribution in [-0.2, 0) is 11.3 Å². The number of amides is 1. The van der Waals surface area contributed by atoms with Crippen molar-refractivity contribution in [3.63, 3.8) is 0 Å². The van der Waals surface area contributed by atoms with Crippen LogP contribution in [0.3, 0.4) is 0 Å². The minimum Gasteiger partial charge on any atom is -0.341 e. The number of nitrogens with zero attached hydrogens (tertiary/aromatic N) is 4. The molecule has 0 fully saturated rings. The van der Waals surface area contributed by atoms with Crippen LogP contribution < -0.4 is 5.32 Å². The van der Waals surface area contributed by atoms with Crippen LogP contribution in [0.1, 0.15) is 34.1 Å².